The monoisotopic (exact) mass is 232 g/mol. The zero-order valence-electron chi connectivity index (χ0n) is 10.3. The second kappa shape index (κ2) is 6.41. The third-order valence-electron chi connectivity index (χ3n) is 2.58. The Balaban J connectivity index is 1.97. The second-order valence-corrected chi connectivity index (χ2v) is 4.06. The van der Waals surface area contributed by atoms with Crippen LogP contribution in [0.15, 0.2) is 85.0 Å². The highest BCUT2D eigenvalue weighted by Crippen LogP contribution is 2.07. The molecule has 0 fully saturated rings. The van der Waals surface area contributed by atoms with E-state index in [1.165, 1.54) is 11.1 Å². The Morgan fingerprint density at radius 1 is 0.667 bits per heavy atom. The van der Waals surface area contributed by atoms with Gasteiger partial charge in [0.2, 0.25) is 0 Å². The molecular formula is C18H16. The molecule has 2 aromatic carbocycles. The molecule has 0 saturated heterocycles. The Labute approximate surface area is 109 Å². The lowest BCUT2D eigenvalue weighted by molar-refractivity contribution is 1.64. The van der Waals surface area contributed by atoms with Crippen molar-refractivity contribution in [3.05, 3.63) is 96.1 Å². The first-order valence-electron chi connectivity index (χ1n) is 6.00. The van der Waals surface area contributed by atoms with E-state index in [1.807, 2.05) is 48.6 Å². The normalized spacial score (nSPS) is 11.1. The molecule has 0 heteroatoms. The molecule has 0 unspecified atom stereocenters. The van der Waals surface area contributed by atoms with Crippen molar-refractivity contribution in [2.75, 3.05) is 0 Å². The van der Waals surface area contributed by atoms with Crippen molar-refractivity contribution in [3.63, 3.8) is 0 Å². The van der Waals surface area contributed by atoms with E-state index in [9.17, 15) is 0 Å². The van der Waals surface area contributed by atoms with Crippen LogP contribution in [-0.4, -0.2) is 0 Å². The van der Waals surface area contributed by atoms with Gasteiger partial charge in [0, 0.05) is 0 Å². The molecule has 0 aliphatic heterocycles. The third-order valence-corrected chi connectivity index (χ3v) is 2.58. The summed E-state index contributed by atoms with van der Waals surface area (Å²) in [6.07, 6.45) is 8.18. The average molecular weight is 232 g/mol. The number of rotatable bonds is 4. The molecule has 0 heterocycles. The molecule has 0 saturated carbocycles. The Hall–Kier alpha value is -2.34. The molecule has 2 rings (SSSR count). The van der Waals surface area contributed by atoms with Crippen molar-refractivity contribution in [1.29, 1.82) is 0 Å². The average Bonchev–Trinajstić information content (AvgIpc) is 2.45. The quantitative estimate of drug-likeness (QED) is 0.653. The van der Waals surface area contributed by atoms with E-state index >= 15 is 0 Å². The van der Waals surface area contributed by atoms with Crippen molar-refractivity contribution in [2.24, 2.45) is 0 Å². The molecule has 0 bridgehead atoms. The summed E-state index contributed by atoms with van der Waals surface area (Å²) in [7, 11) is 0. The number of hydrogen-bond acceptors (Lipinski definition) is 0. The van der Waals surface area contributed by atoms with Crippen LogP contribution in [-0.2, 0) is 0 Å². The van der Waals surface area contributed by atoms with Crippen LogP contribution < -0.4 is 0 Å². The largest absolute Gasteiger partial charge is 0.0918 e. The molecule has 0 atom stereocenters. The molecule has 0 N–H and O–H groups in total. The topological polar surface area (TPSA) is 0 Å². The Kier molecular flexibility index (Phi) is 4.32. The molecule has 0 aliphatic carbocycles. The fourth-order valence-corrected chi connectivity index (χ4v) is 1.59. The maximum absolute atomic E-state index is 4.01. The van der Waals surface area contributed by atoms with Crippen molar-refractivity contribution in [2.45, 2.75) is 0 Å². The maximum Gasteiger partial charge on any atom is -0.0256 e. The molecule has 0 aliphatic rings. The van der Waals surface area contributed by atoms with E-state index in [2.05, 4.69) is 43.0 Å². The fourth-order valence-electron chi connectivity index (χ4n) is 1.59. The molecule has 2 aromatic rings. The van der Waals surface area contributed by atoms with E-state index < -0.39 is 0 Å². The van der Waals surface area contributed by atoms with Crippen LogP contribution in [0.1, 0.15) is 11.1 Å². The predicted molar refractivity (Wildman–Crippen MR) is 80.1 cm³/mol. The first-order valence-corrected chi connectivity index (χ1v) is 6.00. The Morgan fingerprint density at radius 2 is 1.06 bits per heavy atom. The molecule has 0 nitrogen and oxygen atoms in total. The van der Waals surface area contributed by atoms with Gasteiger partial charge in [0.1, 0.15) is 0 Å². The van der Waals surface area contributed by atoms with Crippen LogP contribution in [0.2, 0.25) is 0 Å². The highest BCUT2D eigenvalue weighted by molar-refractivity contribution is 5.58. The van der Waals surface area contributed by atoms with Crippen molar-refractivity contribution >= 4 is 12.2 Å². The highest BCUT2D eigenvalue weighted by Gasteiger charge is 1.86. The molecule has 0 radical (unpaired) electrons. The Morgan fingerprint density at radius 3 is 1.44 bits per heavy atom. The number of hydrogen-bond donors (Lipinski definition) is 0. The minimum atomic E-state index is 0.989. The second-order valence-electron chi connectivity index (χ2n) is 4.06. The van der Waals surface area contributed by atoms with Gasteiger partial charge in [-0.15, -0.1) is 0 Å². The minimum Gasteiger partial charge on any atom is -0.0918 e. The van der Waals surface area contributed by atoms with Gasteiger partial charge in [-0.1, -0.05) is 91.5 Å². The molecule has 18 heavy (non-hydrogen) atoms. The van der Waals surface area contributed by atoms with Crippen molar-refractivity contribution in [3.8, 4) is 0 Å². The first-order chi connectivity index (χ1) is 8.84. The summed E-state index contributed by atoms with van der Waals surface area (Å²) in [6, 6.07) is 20.4. The summed E-state index contributed by atoms with van der Waals surface area (Å²) < 4.78 is 0. The zero-order chi connectivity index (χ0) is 12.6. The van der Waals surface area contributed by atoms with Gasteiger partial charge in [-0.3, -0.25) is 0 Å². The summed E-state index contributed by atoms with van der Waals surface area (Å²) in [5.41, 5.74) is 3.36. The van der Waals surface area contributed by atoms with Crippen LogP contribution in [0.25, 0.3) is 12.2 Å². The van der Waals surface area contributed by atoms with Gasteiger partial charge >= 0.3 is 0 Å². The van der Waals surface area contributed by atoms with Crippen LogP contribution in [0.4, 0.5) is 0 Å². The summed E-state index contributed by atoms with van der Waals surface area (Å²) in [6.45, 7) is 4.01. The van der Waals surface area contributed by atoms with E-state index in [1.54, 1.807) is 0 Å². The van der Waals surface area contributed by atoms with Gasteiger partial charge in [0.25, 0.3) is 0 Å². The summed E-state index contributed by atoms with van der Waals surface area (Å²) in [5.74, 6) is 0. The van der Waals surface area contributed by atoms with E-state index in [4.69, 9.17) is 0 Å². The summed E-state index contributed by atoms with van der Waals surface area (Å²) >= 11 is 0. The van der Waals surface area contributed by atoms with E-state index in [-0.39, 0.29) is 0 Å². The SMILES string of the molecule is C=C(C=Cc1ccccc1)C=Cc1ccccc1. The fraction of sp³-hybridized carbons (Fsp3) is 0. The highest BCUT2D eigenvalue weighted by atomic mass is 13.9. The molecular weight excluding hydrogens is 216 g/mol. The van der Waals surface area contributed by atoms with Crippen LogP contribution in [0.3, 0.4) is 0 Å². The van der Waals surface area contributed by atoms with Gasteiger partial charge in [0.05, 0.1) is 0 Å². The molecule has 0 aromatic heterocycles. The van der Waals surface area contributed by atoms with Gasteiger partial charge in [-0.05, 0) is 16.7 Å². The first kappa shape index (κ1) is 12.1. The lowest BCUT2D eigenvalue weighted by Crippen LogP contribution is -1.72. The summed E-state index contributed by atoms with van der Waals surface area (Å²) in [5, 5.41) is 0. The van der Waals surface area contributed by atoms with Gasteiger partial charge in [0.15, 0.2) is 0 Å². The van der Waals surface area contributed by atoms with Crippen molar-refractivity contribution < 1.29 is 0 Å². The van der Waals surface area contributed by atoms with Crippen LogP contribution in [0.5, 0.6) is 0 Å². The standard InChI is InChI=1S/C18H16/c1-16(12-14-17-8-4-2-5-9-17)13-15-18-10-6-3-7-11-18/h2-15H,1H2. The summed E-state index contributed by atoms with van der Waals surface area (Å²) in [4.78, 5) is 0. The molecule has 88 valence electrons. The minimum absolute atomic E-state index is 0.989. The van der Waals surface area contributed by atoms with Gasteiger partial charge in [-0.25, -0.2) is 0 Å². The van der Waals surface area contributed by atoms with Gasteiger partial charge < -0.3 is 0 Å². The maximum atomic E-state index is 4.01. The van der Waals surface area contributed by atoms with Crippen LogP contribution >= 0.6 is 0 Å². The predicted octanol–water partition coefficient (Wildman–Crippen LogP) is 4.97. The van der Waals surface area contributed by atoms with Crippen molar-refractivity contribution in [1.82, 2.24) is 0 Å². The lowest BCUT2D eigenvalue weighted by Gasteiger charge is -1.94. The molecule has 0 amide bonds. The third kappa shape index (κ3) is 3.91. The Bertz CT molecular complexity index is 494. The van der Waals surface area contributed by atoms with Gasteiger partial charge in [-0.2, -0.15) is 0 Å². The molecule has 0 spiro atoms. The lowest BCUT2D eigenvalue weighted by atomic mass is 10.1. The van der Waals surface area contributed by atoms with E-state index in [0.29, 0.717) is 0 Å². The zero-order valence-corrected chi connectivity index (χ0v) is 10.3. The van der Waals surface area contributed by atoms with Crippen LogP contribution in [0, 0.1) is 0 Å². The smallest absolute Gasteiger partial charge is 0.0256 e. The number of allylic oxidation sites excluding steroid dienone is 3. The van der Waals surface area contributed by atoms with E-state index in [0.717, 1.165) is 5.57 Å². The number of benzene rings is 2.